The smallest absolute Gasteiger partial charge is 0.255 e. The SMILES string of the molecule is CN(C)C(=O)c1ccccc1NS(=O)(=O)CCCCl. The van der Waals surface area contributed by atoms with Gasteiger partial charge < -0.3 is 4.90 Å². The molecule has 0 aliphatic carbocycles. The van der Waals surface area contributed by atoms with Gasteiger partial charge in [-0.3, -0.25) is 9.52 Å². The molecule has 1 rings (SSSR count). The van der Waals surface area contributed by atoms with Crippen LogP contribution in [0.4, 0.5) is 5.69 Å². The van der Waals surface area contributed by atoms with E-state index in [0.29, 0.717) is 12.0 Å². The second kappa shape index (κ2) is 6.77. The Morgan fingerprint density at radius 1 is 1.32 bits per heavy atom. The van der Waals surface area contributed by atoms with Gasteiger partial charge in [0.15, 0.2) is 0 Å². The Kier molecular flexibility index (Phi) is 5.62. The van der Waals surface area contributed by atoms with Crippen LogP contribution in [0.3, 0.4) is 0 Å². The molecule has 106 valence electrons. The first-order chi connectivity index (χ1) is 8.87. The molecule has 0 bridgehead atoms. The van der Waals surface area contributed by atoms with E-state index in [1.54, 1.807) is 38.4 Å². The van der Waals surface area contributed by atoms with E-state index >= 15 is 0 Å². The highest BCUT2D eigenvalue weighted by Crippen LogP contribution is 2.18. The number of nitrogens with one attached hydrogen (secondary N) is 1. The van der Waals surface area contributed by atoms with E-state index in [0.717, 1.165) is 0 Å². The summed E-state index contributed by atoms with van der Waals surface area (Å²) in [7, 11) is -0.259. The number of halogens is 1. The number of para-hydroxylation sites is 1. The van der Waals surface area contributed by atoms with Gasteiger partial charge in [0.2, 0.25) is 10.0 Å². The zero-order chi connectivity index (χ0) is 14.5. The number of rotatable bonds is 6. The predicted molar refractivity (Wildman–Crippen MR) is 77.2 cm³/mol. The molecule has 0 heterocycles. The van der Waals surface area contributed by atoms with Gasteiger partial charge in [-0.05, 0) is 18.6 Å². The summed E-state index contributed by atoms with van der Waals surface area (Å²) in [6.45, 7) is 0. The minimum absolute atomic E-state index is 0.0685. The fraction of sp³-hybridized carbons (Fsp3) is 0.417. The molecule has 0 spiro atoms. The average Bonchev–Trinajstić information content (AvgIpc) is 2.35. The maximum absolute atomic E-state index is 11.9. The summed E-state index contributed by atoms with van der Waals surface area (Å²) in [6.07, 6.45) is 0.362. The lowest BCUT2D eigenvalue weighted by Gasteiger charge is -2.15. The van der Waals surface area contributed by atoms with Crippen molar-refractivity contribution < 1.29 is 13.2 Å². The quantitative estimate of drug-likeness (QED) is 0.814. The molecule has 1 aromatic rings. The van der Waals surface area contributed by atoms with Gasteiger partial charge in [0, 0.05) is 20.0 Å². The molecule has 1 N–H and O–H groups in total. The van der Waals surface area contributed by atoms with Crippen LogP contribution in [-0.2, 0) is 10.0 Å². The Morgan fingerprint density at radius 2 is 1.95 bits per heavy atom. The Labute approximate surface area is 118 Å². The summed E-state index contributed by atoms with van der Waals surface area (Å²) in [5, 5.41) is 0. The van der Waals surface area contributed by atoms with Crippen molar-refractivity contribution in [3.63, 3.8) is 0 Å². The molecule has 1 aromatic carbocycles. The molecular formula is C12H17ClN2O3S. The summed E-state index contributed by atoms with van der Waals surface area (Å²) in [5.41, 5.74) is 0.609. The number of sulfonamides is 1. The Bertz CT molecular complexity index is 544. The predicted octanol–water partition coefficient (Wildman–Crippen LogP) is 1.76. The van der Waals surface area contributed by atoms with Crippen molar-refractivity contribution in [2.75, 3.05) is 30.5 Å². The van der Waals surface area contributed by atoms with E-state index in [2.05, 4.69) is 4.72 Å². The van der Waals surface area contributed by atoms with E-state index in [1.807, 2.05) is 0 Å². The number of hydrogen-bond donors (Lipinski definition) is 1. The van der Waals surface area contributed by atoms with Gasteiger partial charge in [-0.1, -0.05) is 12.1 Å². The summed E-state index contributed by atoms with van der Waals surface area (Å²) in [4.78, 5) is 13.3. The molecule has 0 unspecified atom stereocenters. The molecule has 1 amide bonds. The van der Waals surface area contributed by atoms with Gasteiger partial charge >= 0.3 is 0 Å². The van der Waals surface area contributed by atoms with Crippen molar-refractivity contribution in [3.05, 3.63) is 29.8 Å². The van der Waals surface area contributed by atoms with Crippen molar-refractivity contribution in [2.24, 2.45) is 0 Å². The zero-order valence-corrected chi connectivity index (χ0v) is 12.5. The number of anilines is 1. The first-order valence-electron chi connectivity index (χ1n) is 5.74. The van der Waals surface area contributed by atoms with Crippen LogP contribution in [0.2, 0.25) is 0 Å². The summed E-state index contributed by atoms with van der Waals surface area (Å²) < 4.78 is 26.0. The van der Waals surface area contributed by atoms with Gasteiger partial charge in [-0.2, -0.15) is 0 Å². The first-order valence-corrected chi connectivity index (χ1v) is 7.93. The van der Waals surface area contributed by atoms with E-state index in [1.165, 1.54) is 4.90 Å². The lowest BCUT2D eigenvalue weighted by Crippen LogP contribution is -2.24. The van der Waals surface area contributed by atoms with Crippen LogP contribution in [0.5, 0.6) is 0 Å². The molecule has 0 atom stereocenters. The maximum Gasteiger partial charge on any atom is 0.255 e. The van der Waals surface area contributed by atoms with Gasteiger partial charge in [-0.15, -0.1) is 11.6 Å². The van der Waals surface area contributed by atoms with Crippen LogP contribution in [0, 0.1) is 0 Å². The molecule has 19 heavy (non-hydrogen) atoms. The highest BCUT2D eigenvalue weighted by molar-refractivity contribution is 7.92. The van der Waals surface area contributed by atoms with E-state index in [9.17, 15) is 13.2 Å². The third-order valence-corrected chi connectivity index (χ3v) is 4.00. The Hall–Kier alpha value is -1.27. The van der Waals surface area contributed by atoms with E-state index < -0.39 is 10.0 Å². The Morgan fingerprint density at radius 3 is 2.53 bits per heavy atom. The second-order valence-corrected chi connectivity index (χ2v) is 6.43. The second-order valence-electron chi connectivity index (χ2n) is 4.21. The monoisotopic (exact) mass is 304 g/mol. The number of hydrogen-bond acceptors (Lipinski definition) is 3. The summed E-state index contributed by atoms with van der Waals surface area (Å²) >= 11 is 5.48. The number of amides is 1. The van der Waals surface area contributed by atoms with Crippen LogP contribution < -0.4 is 4.72 Å². The molecule has 0 fully saturated rings. The van der Waals surface area contributed by atoms with Crippen LogP contribution in [0.1, 0.15) is 16.8 Å². The Balaban J connectivity index is 2.99. The van der Waals surface area contributed by atoms with Crippen LogP contribution in [-0.4, -0.2) is 45.0 Å². The van der Waals surface area contributed by atoms with Gasteiger partial charge in [0.1, 0.15) is 0 Å². The van der Waals surface area contributed by atoms with Gasteiger partial charge in [0.05, 0.1) is 17.0 Å². The summed E-state index contributed by atoms with van der Waals surface area (Å²) in [5.74, 6) is -0.0455. The van der Waals surface area contributed by atoms with Crippen molar-refractivity contribution >= 4 is 33.2 Å². The molecule has 0 aromatic heterocycles. The van der Waals surface area contributed by atoms with Crippen molar-refractivity contribution in [3.8, 4) is 0 Å². The average molecular weight is 305 g/mol. The minimum atomic E-state index is -3.48. The number of alkyl halides is 1. The number of nitrogens with zero attached hydrogens (tertiary/aromatic N) is 1. The standard InChI is InChI=1S/C12H17ClN2O3S/c1-15(2)12(16)10-6-3-4-7-11(10)14-19(17,18)9-5-8-13/h3-4,6-7,14H,5,8-9H2,1-2H3. The zero-order valence-electron chi connectivity index (χ0n) is 10.9. The van der Waals surface area contributed by atoms with Crippen LogP contribution >= 0.6 is 11.6 Å². The normalized spacial score (nSPS) is 11.1. The highest BCUT2D eigenvalue weighted by atomic mass is 35.5. The largest absolute Gasteiger partial charge is 0.345 e. The topological polar surface area (TPSA) is 66.5 Å². The summed E-state index contributed by atoms with van der Waals surface area (Å²) in [6, 6.07) is 6.51. The van der Waals surface area contributed by atoms with Crippen LogP contribution in [0.25, 0.3) is 0 Å². The van der Waals surface area contributed by atoms with Gasteiger partial charge in [-0.25, -0.2) is 8.42 Å². The molecule has 0 aliphatic heterocycles. The molecule has 0 saturated heterocycles. The number of carbonyl (C=O) groups is 1. The van der Waals surface area contributed by atoms with E-state index in [-0.39, 0.29) is 23.2 Å². The number of carbonyl (C=O) groups excluding carboxylic acids is 1. The van der Waals surface area contributed by atoms with Crippen molar-refractivity contribution in [1.82, 2.24) is 4.90 Å². The number of benzene rings is 1. The molecule has 5 nitrogen and oxygen atoms in total. The fourth-order valence-electron chi connectivity index (χ4n) is 1.46. The third kappa shape index (κ3) is 4.72. The molecule has 0 radical (unpaired) electrons. The highest BCUT2D eigenvalue weighted by Gasteiger charge is 2.17. The van der Waals surface area contributed by atoms with E-state index in [4.69, 9.17) is 11.6 Å². The maximum atomic E-state index is 11.9. The molecule has 7 heteroatoms. The van der Waals surface area contributed by atoms with Crippen molar-refractivity contribution in [1.29, 1.82) is 0 Å². The molecule has 0 aliphatic rings. The molecular weight excluding hydrogens is 288 g/mol. The van der Waals surface area contributed by atoms with Gasteiger partial charge in [0.25, 0.3) is 5.91 Å². The lowest BCUT2D eigenvalue weighted by molar-refractivity contribution is 0.0828. The first kappa shape index (κ1) is 15.8. The third-order valence-electron chi connectivity index (χ3n) is 2.38. The fourth-order valence-corrected chi connectivity index (χ4v) is 2.89. The van der Waals surface area contributed by atoms with Crippen molar-refractivity contribution in [2.45, 2.75) is 6.42 Å². The molecule has 0 saturated carbocycles. The lowest BCUT2D eigenvalue weighted by atomic mass is 10.1. The minimum Gasteiger partial charge on any atom is -0.345 e. The van der Waals surface area contributed by atoms with Crippen LogP contribution in [0.15, 0.2) is 24.3 Å².